The maximum atomic E-state index is 8.48. The average Bonchev–Trinajstić information content (AvgIpc) is 2.01. The molecule has 0 spiro atoms. The van der Waals surface area contributed by atoms with Gasteiger partial charge in [0.25, 0.3) is 0 Å². The van der Waals surface area contributed by atoms with Gasteiger partial charge in [0, 0.05) is 19.3 Å². The molecule has 2 N–H and O–H groups in total. The Morgan fingerprint density at radius 1 is 1.55 bits per heavy atom. The molecule has 68 valence electrons. The Kier molecular flexibility index (Phi) is 7.89. The number of aliphatic hydroxyl groups is 1. The van der Waals surface area contributed by atoms with Crippen LogP contribution in [0.15, 0.2) is 0 Å². The lowest BCUT2D eigenvalue weighted by Gasteiger charge is -2.12. The van der Waals surface area contributed by atoms with Gasteiger partial charge < -0.3 is 15.2 Å². The second kappa shape index (κ2) is 7.98. The summed E-state index contributed by atoms with van der Waals surface area (Å²) in [6.45, 7) is 6.71. The lowest BCUT2D eigenvalue weighted by molar-refractivity contribution is 0.126. The largest absolute Gasteiger partial charge is 0.396 e. The molecule has 0 rings (SSSR count). The first-order valence-corrected chi connectivity index (χ1v) is 4.23. The summed E-state index contributed by atoms with van der Waals surface area (Å²) in [6.07, 6.45) is 0.816. The zero-order valence-corrected chi connectivity index (χ0v) is 7.47. The summed E-state index contributed by atoms with van der Waals surface area (Å²) in [5.41, 5.74) is 0. The van der Waals surface area contributed by atoms with E-state index in [1.54, 1.807) is 0 Å². The summed E-state index contributed by atoms with van der Waals surface area (Å²) in [7, 11) is 0. The van der Waals surface area contributed by atoms with Crippen molar-refractivity contribution in [3.8, 4) is 0 Å². The number of ether oxygens (including phenoxy) is 1. The maximum absolute atomic E-state index is 8.48. The molecular weight excluding hydrogens is 142 g/mol. The van der Waals surface area contributed by atoms with Crippen LogP contribution in [0.5, 0.6) is 0 Å². The van der Waals surface area contributed by atoms with Crippen molar-refractivity contribution < 1.29 is 9.84 Å². The van der Waals surface area contributed by atoms with Gasteiger partial charge in [-0.2, -0.15) is 0 Å². The van der Waals surface area contributed by atoms with Crippen molar-refractivity contribution in [2.24, 2.45) is 0 Å². The topological polar surface area (TPSA) is 41.5 Å². The van der Waals surface area contributed by atoms with Crippen LogP contribution in [0.4, 0.5) is 0 Å². The Morgan fingerprint density at radius 3 is 2.82 bits per heavy atom. The van der Waals surface area contributed by atoms with Crippen LogP contribution in [-0.2, 0) is 4.74 Å². The zero-order valence-electron chi connectivity index (χ0n) is 7.47. The van der Waals surface area contributed by atoms with Crippen molar-refractivity contribution in [1.29, 1.82) is 0 Å². The fourth-order valence-electron chi connectivity index (χ4n) is 0.781. The van der Waals surface area contributed by atoms with Crippen molar-refractivity contribution in [2.75, 3.05) is 26.4 Å². The van der Waals surface area contributed by atoms with Gasteiger partial charge in [-0.05, 0) is 26.8 Å². The molecule has 0 bridgehead atoms. The molecule has 3 nitrogen and oxygen atoms in total. The number of nitrogens with one attached hydrogen (secondary N) is 1. The quantitative estimate of drug-likeness (QED) is 0.530. The van der Waals surface area contributed by atoms with E-state index < -0.39 is 0 Å². The zero-order chi connectivity index (χ0) is 8.53. The molecule has 0 radical (unpaired) electrons. The minimum Gasteiger partial charge on any atom is -0.396 e. The first-order chi connectivity index (χ1) is 5.31. The molecule has 0 fully saturated rings. The van der Waals surface area contributed by atoms with E-state index in [1.807, 2.05) is 6.92 Å². The van der Waals surface area contributed by atoms with Crippen LogP contribution in [0.3, 0.4) is 0 Å². The Bertz CT molecular complexity index is 78.5. The van der Waals surface area contributed by atoms with Gasteiger partial charge in [0.15, 0.2) is 0 Å². The van der Waals surface area contributed by atoms with E-state index in [2.05, 4.69) is 12.2 Å². The van der Waals surface area contributed by atoms with Crippen LogP contribution in [0, 0.1) is 0 Å². The third kappa shape index (κ3) is 7.78. The average molecular weight is 161 g/mol. The number of hydrogen-bond acceptors (Lipinski definition) is 3. The van der Waals surface area contributed by atoms with Crippen LogP contribution in [-0.4, -0.2) is 37.5 Å². The molecule has 0 aliphatic heterocycles. The molecule has 0 aliphatic rings. The third-order valence-electron chi connectivity index (χ3n) is 1.40. The smallest absolute Gasteiger partial charge is 0.0616 e. The van der Waals surface area contributed by atoms with Crippen LogP contribution < -0.4 is 5.32 Å². The highest BCUT2D eigenvalue weighted by Gasteiger charge is 1.98. The second-order valence-electron chi connectivity index (χ2n) is 2.59. The van der Waals surface area contributed by atoms with E-state index in [-0.39, 0.29) is 6.61 Å². The first kappa shape index (κ1) is 10.9. The summed E-state index contributed by atoms with van der Waals surface area (Å²) in [5, 5.41) is 11.7. The summed E-state index contributed by atoms with van der Waals surface area (Å²) in [6, 6.07) is 0.390. The normalized spacial score (nSPS) is 13.4. The van der Waals surface area contributed by atoms with E-state index in [1.165, 1.54) is 0 Å². The van der Waals surface area contributed by atoms with Crippen molar-refractivity contribution in [3.05, 3.63) is 0 Å². The summed E-state index contributed by atoms with van der Waals surface area (Å²) < 4.78 is 5.20. The van der Waals surface area contributed by atoms with Crippen LogP contribution in [0.25, 0.3) is 0 Å². The van der Waals surface area contributed by atoms with Gasteiger partial charge in [-0.3, -0.25) is 0 Å². The molecule has 0 saturated heterocycles. The van der Waals surface area contributed by atoms with Crippen LogP contribution >= 0.6 is 0 Å². The Hall–Kier alpha value is -0.120. The maximum Gasteiger partial charge on any atom is 0.0616 e. The fraction of sp³-hybridized carbons (Fsp3) is 1.00. The molecule has 0 heterocycles. The number of rotatable bonds is 7. The molecule has 0 aromatic carbocycles. The molecule has 3 heteroatoms. The minimum atomic E-state index is 0.258. The minimum absolute atomic E-state index is 0.258. The number of aliphatic hydroxyl groups excluding tert-OH is 1. The molecular formula is C8H19NO2. The SMILES string of the molecule is CCOCC(C)NCCCO. The van der Waals surface area contributed by atoms with Gasteiger partial charge in [0.1, 0.15) is 0 Å². The predicted molar refractivity (Wildman–Crippen MR) is 45.7 cm³/mol. The van der Waals surface area contributed by atoms with Crippen LogP contribution in [0.1, 0.15) is 20.3 Å². The van der Waals surface area contributed by atoms with Gasteiger partial charge in [-0.25, -0.2) is 0 Å². The van der Waals surface area contributed by atoms with Crippen LogP contribution in [0.2, 0.25) is 0 Å². The van der Waals surface area contributed by atoms with Gasteiger partial charge >= 0.3 is 0 Å². The molecule has 0 amide bonds. The molecule has 0 saturated carbocycles. The number of hydrogen-bond donors (Lipinski definition) is 2. The van der Waals surface area contributed by atoms with Crippen molar-refractivity contribution in [3.63, 3.8) is 0 Å². The molecule has 11 heavy (non-hydrogen) atoms. The van der Waals surface area contributed by atoms with E-state index >= 15 is 0 Å². The monoisotopic (exact) mass is 161 g/mol. The first-order valence-electron chi connectivity index (χ1n) is 4.23. The lowest BCUT2D eigenvalue weighted by atomic mass is 10.3. The fourth-order valence-corrected chi connectivity index (χ4v) is 0.781. The van der Waals surface area contributed by atoms with Crippen molar-refractivity contribution in [2.45, 2.75) is 26.3 Å². The summed E-state index contributed by atoms with van der Waals surface area (Å²) in [4.78, 5) is 0. The molecule has 0 aliphatic carbocycles. The van der Waals surface area contributed by atoms with E-state index in [9.17, 15) is 0 Å². The molecule has 1 unspecified atom stereocenters. The van der Waals surface area contributed by atoms with Gasteiger partial charge in [0.05, 0.1) is 6.61 Å². The van der Waals surface area contributed by atoms with Crippen molar-refractivity contribution in [1.82, 2.24) is 5.32 Å². The van der Waals surface area contributed by atoms with Crippen molar-refractivity contribution >= 4 is 0 Å². The molecule has 0 aromatic rings. The standard InChI is InChI=1S/C8H19NO2/c1-3-11-7-8(2)9-5-4-6-10/h8-10H,3-7H2,1-2H3. The lowest BCUT2D eigenvalue weighted by Crippen LogP contribution is -2.31. The van der Waals surface area contributed by atoms with E-state index in [0.29, 0.717) is 6.04 Å². The summed E-state index contributed by atoms with van der Waals surface area (Å²) >= 11 is 0. The van der Waals surface area contributed by atoms with Gasteiger partial charge in [-0.1, -0.05) is 0 Å². The Balaban J connectivity index is 3.02. The van der Waals surface area contributed by atoms with E-state index in [4.69, 9.17) is 9.84 Å². The highest BCUT2D eigenvalue weighted by molar-refractivity contribution is 4.58. The third-order valence-corrected chi connectivity index (χ3v) is 1.40. The summed E-state index contributed by atoms with van der Waals surface area (Å²) in [5.74, 6) is 0. The predicted octanol–water partition coefficient (Wildman–Crippen LogP) is 0.383. The Morgan fingerprint density at radius 2 is 2.27 bits per heavy atom. The van der Waals surface area contributed by atoms with Gasteiger partial charge in [0.2, 0.25) is 0 Å². The second-order valence-corrected chi connectivity index (χ2v) is 2.59. The molecule has 0 aromatic heterocycles. The highest BCUT2D eigenvalue weighted by atomic mass is 16.5. The highest BCUT2D eigenvalue weighted by Crippen LogP contribution is 1.84. The van der Waals surface area contributed by atoms with Gasteiger partial charge in [-0.15, -0.1) is 0 Å². The Labute approximate surface area is 68.8 Å². The van der Waals surface area contributed by atoms with E-state index in [0.717, 1.165) is 26.2 Å². The molecule has 1 atom stereocenters.